The lowest BCUT2D eigenvalue weighted by Gasteiger charge is -2.20. The largest absolute Gasteiger partial charge is 0.478 e. The van der Waals surface area contributed by atoms with Gasteiger partial charge in [0.1, 0.15) is 0 Å². The van der Waals surface area contributed by atoms with Crippen molar-refractivity contribution in [1.82, 2.24) is 10.3 Å². The van der Waals surface area contributed by atoms with Crippen LogP contribution in [0.25, 0.3) is 0 Å². The number of ether oxygens (including phenoxy) is 1. The number of nitrogens with one attached hydrogen (secondary N) is 1. The average molecular weight is 271 g/mol. The van der Waals surface area contributed by atoms with Gasteiger partial charge in [0.15, 0.2) is 0 Å². The molecule has 0 spiro atoms. The van der Waals surface area contributed by atoms with Crippen LogP contribution < -0.4 is 10.1 Å². The average Bonchev–Trinajstić information content (AvgIpc) is 2.29. The van der Waals surface area contributed by atoms with Crippen LogP contribution in [0.1, 0.15) is 46.2 Å². The van der Waals surface area contributed by atoms with Gasteiger partial charge in [0.2, 0.25) is 5.88 Å². The Morgan fingerprint density at radius 1 is 1.33 bits per heavy atom. The zero-order chi connectivity index (χ0) is 13.6. The van der Waals surface area contributed by atoms with Crippen LogP contribution >= 0.6 is 11.6 Å². The first kappa shape index (κ1) is 15.3. The van der Waals surface area contributed by atoms with Gasteiger partial charge >= 0.3 is 0 Å². The van der Waals surface area contributed by atoms with E-state index in [1.807, 2.05) is 12.1 Å². The fourth-order valence-corrected chi connectivity index (χ4v) is 1.51. The zero-order valence-corrected chi connectivity index (χ0v) is 12.5. The molecule has 18 heavy (non-hydrogen) atoms. The fourth-order valence-electron chi connectivity index (χ4n) is 1.34. The van der Waals surface area contributed by atoms with Crippen molar-refractivity contribution in [2.45, 2.75) is 52.6 Å². The number of rotatable bonds is 6. The van der Waals surface area contributed by atoms with Gasteiger partial charge in [-0.15, -0.1) is 0 Å². The molecule has 4 heteroatoms. The highest BCUT2D eigenvalue weighted by Gasteiger charge is 2.11. The minimum Gasteiger partial charge on any atom is -0.478 e. The van der Waals surface area contributed by atoms with Crippen molar-refractivity contribution in [3.8, 4) is 5.88 Å². The Kier molecular flexibility index (Phi) is 5.89. The number of aromatic nitrogens is 1. The second-order valence-electron chi connectivity index (χ2n) is 5.38. The maximum atomic E-state index is 6.13. The predicted octanol–water partition coefficient (Wildman–Crippen LogP) is 3.80. The predicted molar refractivity (Wildman–Crippen MR) is 76.2 cm³/mol. The van der Waals surface area contributed by atoms with Crippen LogP contribution in [0.4, 0.5) is 0 Å². The van der Waals surface area contributed by atoms with Crippen molar-refractivity contribution >= 4 is 11.6 Å². The van der Waals surface area contributed by atoms with Crippen molar-refractivity contribution < 1.29 is 4.74 Å². The van der Waals surface area contributed by atoms with Crippen molar-refractivity contribution in [2.75, 3.05) is 6.61 Å². The fraction of sp³-hybridized carbons (Fsp3) is 0.643. The number of nitrogens with zero attached hydrogens (tertiary/aromatic N) is 1. The highest BCUT2D eigenvalue weighted by Crippen LogP contribution is 2.19. The highest BCUT2D eigenvalue weighted by atomic mass is 35.5. The molecule has 0 amide bonds. The lowest BCUT2D eigenvalue weighted by Crippen LogP contribution is -2.35. The smallest absolute Gasteiger partial charge is 0.213 e. The van der Waals surface area contributed by atoms with E-state index in [2.05, 4.69) is 38.0 Å². The topological polar surface area (TPSA) is 34.1 Å². The van der Waals surface area contributed by atoms with Crippen LogP contribution in [0.5, 0.6) is 5.88 Å². The third-order valence-electron chi connectivity index (χ3n) is 2.43. The van der Waals surface area contributed by atoms with E-state index in [9.17, 15) is 0 Å². The number of hydrogen-bond donors (Lipinski definition) is 1. The molecule has 1 aromatic heterocycles. The van der Waals surface area contributed by atoms with Crippen LogP contribution in [0.3, 0.4) is 0 Å². The summed E-state index contributed by atoms with van der Waals surface area (Å²) in [5.74, 6) is 0.651. The molecule has 0 aromatic carbocycles. The molecule has 3 nitrogen and oxygen atoms in total. The van der Waals surface area contributed by atoms with Crippen molar-refractivity contribution in [3.63, 3.8) is 0 Å². The lowest BCUT2D eigenvalue weighted by molar-refractivity contribution is 0.296. The minimum absolute atomic E-state index is 0.0457. The molecule has 0 aliphatic rings. The van der Waals surface area contributed by atoms with Gasteiger partial charge in [0, 0.05) is 18.2 Å². The molecule has 0 fully saturated rings. The molecule has 0 saturated heterocycles. The first-order valence-corrected chi connectivity index (χ1v) is 6.83. The van der Waals surface area contributed by atoms with Gasteiger partial charge < -0.3 is 10.1 Å². The SMILES string of the molecule is CCCCOc1ccc(Cl)c(CNC(C)(C)C)n1. The quantitative estimate of drug-likeness (QED) is 0.799. The zero-order valence-electron chi connectivity index (χ0n) is 11.7. The summed E-state index contributed by atoms with van der Waals surface area (Å²) in [5, 5.41) is 4.05. The van der Waals surface area contributed by atoms with Gasteiger partial charge in [-0.25, -0.2) is 4.98 Å². The summed E-state index contributed by atoms with van der Waals surface area (Å²) in [6.07, 6.45) is 2.16. The van der Waals surface area contributed by atoms with E-state index in [4.69, 9.17) is 16.3 Å². The van der Waals surface area contributed by atoms with E-state index in [0.717, 1.165) is 18.5 Å². The highest BCUT2D eigenvalue weighted by molar-refractivity contribution is 6.31. The van der Waals surface area contributed by atoms with Crippen LogP contribution in [0.15, 0.2) is 12.1 Å². The third-order valence-corrected chi connectivity index (χ3v) is 2.77. The van der Waals surface area contributed by atoms with Gasteiger partial charge in [-0.2, -0.15) is 0 Å². The number of hydrogen-bond acceptors (Lipinski definition) is 3. The second kappa shape index (κ2) is 6.95. The van der Waals surface area contributed by atoms with Crippen LogP contribution in [-0.4, -0.2) is 17.1 Å². The Hall–Kier alpha value is -0.800. The molecule has 0 radical (unpaired) electrons. The molecular formula is C14H23ClN2O. The van der Waals surface area contributed by atoms with Gasteiger partial charge in [-0.3, -0.25) is 0 Å². The van der Waals surface area contributed by atoms with Gasteiger partial charge in [0.25, 0.3) is 0 Å². The Balaban J connectivity index is 2.63. The summed E-state index contributed by atoms with van der Waals surface area (Å²) in [7, 11) is 0. The van der Waals surface area contributed by atoms with Crippen LogP contribution in [0, 0.1) is 0 Å². The second-order valence-corrected chi connectivity index (χ2v) is 5.79. The molecule has 0 aliphatic heterocycles. The molecule has 0 bridgehead atoms. The molecule has 102 valence electrons. The molecule has 0 saturated carbocycles. The van der Waals surface area contributed by atoms with E-state index >= 15 is 0 Å². The lowest BCUT2D eigenvalue weighted by atomic mass is 10.1. The Labute approximate surface area is 115 Å². The summed E-state index contributed by atoms with van der Waals surface area (Å²) in [4.78, 5) is 4.43. The molecule has 0 aliphatic carbocycles. The van der Waals surface area contributed by atoms with Crippen molar-refractivity contribution in [3.05, 3.63) is 22.8 Å². The Morgan fingerprint density at radius 3 is 2.67 bits per heavy atom. The monoisotopic (exact) mass is 270 g/mol. The van der Waals surface area contributed by atoms with Gasteiger partial charge in [0.05, 0.1) is 17.3 Å². The van der Waals surface area contributed by atoms with Gasteiger partial charge in [-0.05, 0) is 33.3 Å². The molecule has 0 unspecified atom stereocenters. The van der Waals surface area contributed by atoms with E-state index in [1.165, 1.54) is 0 Å². The van der Waals surface area contributed by atoms with Crippen molar-refractivity contribution in [2.24, 2.45) is 0 Å². The van der Waals surface area contributed by atoms with Crippen LogP contribution in [-0.2, 0) is 6.54 Å². The van der Waals surface area contributed by atoms with Crippen molar-refractivity contribution in [1.29, 1.82) is 0 Å². The number of unbranched alkanes of at least 4 members (excludes halogenated alkanes) is 1. The molecule has 1 rings (SSSR count). The Bertz CT molecular complexity index is 375. The van der Waals surface area contributed by atoms with E-state index < -0.39 is 0 Å². The summed E-state index contributed by atoms with van der Waals surface area (Å²) < 4.78 is 5.58. The van der Waals surface area contributed by atoms with E-state index in [-0.39, 0.29) is 5.54 Å². The van der Waals surface area contributed by atoms with Crippen LogP contribution in [0.2, 0.25) is 5.02 Å². The number of pyridine rings is 1. The van der Waals surface area contributed by atoms with E-state index in [0.29, 0.717) is 24.1 Å². The molecular weight excluding hydrogens is 248 g/mol. The standard InChI is InChI=1S/C14H23ClN2O/c1-5-6-9-18-13-8-7-11(15)12(17-13)10-16-14(2,3)4/h7-8,16H,5-6,9-10H2,1-4H3. The maximum absolute atomic E-state index is 6.13. The summed E-state index contributed by atoms with van der Waals surface area (Å²) in [6, 6.07) is 3.66. The summed E-state index contributed by atoms with van der Waals surface area (Å²) >= 11 is 6.13. The van der Waals surface area contributed by atoms with E-state index in [1.54, 1.807) is 0 Å². The normalized spacial score (nSPS) is 11.6. The Morgan fingerprint density at radius 2 is 2.06 bits per heavy atom. The summed E-state index contributed by atoms with van der Waals surface area (Å²) in [5.41, 5.74) is 0.880. The van der Waals surface area contributed by atoms with Gasteiger partial charge in [-0.1, -0.05) is 24.9 Å². The minimum atomic E-state index is 0.0457. The maximum Gasteiger partial charge on any atom is 0.213 e. The third kappa shape index (κ3) is 5.69. The number of halogens is 1. The molecule has 1 heterocycles. The first-order valence-electron chi connectivity index (χ1n) is 6.45. The first-order chi connectivity index (χ1) is 8.42. The molecule has 1 N–H and O–H groups in total. The molecule has 1 aromatic rings. The molecule has 0 atom stereocenters. The summed E-state index contributed by atoms with van der Waals surface area (Å²) in [6.45, 7) is 9.83.